The molecular formula is C21H18F2N4O2. The summed E-state index contributed by atoms with van der Waals surface area (Å²) in [4.78, 5) is 20.8. The zero-order valence-electron chi connectivity index (χ0n) is 15.7. The number of ether oxygens (including phenoxy) is 1. The first-order valence-corrected chi connectivity index (χ1v) is 9.44. The molecule has 1 aliphatic heterocycles. The fourth-order valence-corrected chi connectivity index (χ4v) is 4.09. The Morgan fingerprint density at radius 1 is 1.21 bits per heavy atom. The van der Waals surface area contributed by atoms with E-state index >= 15 is 0 Å². The van der Waals surface area contributed by atoms with Crippen LogP contribution in [0.2, 0.25) is 0 Å². The van der Waals surface area contributed by atoms with E-state index in [9.17, 15) is 13.6 Å². The third-order valence-electron chi connectivity index (χ3n) is 5.54. The molecule has 0 amide bonds. The summed E-state index contributed by atoms with van der Waals surface area (Å²) in [5.41, 5.74) is 2.73. The van der Waals surface area contributed by atoms with Crippen LogP contribution in [-0.4, -0.2) is 32.3 Å². The first kappa shape index (κ1) is 17.9. The summed E-state index contributed by atoms with van der Waals surface area (Å²) < 4.78 is 36.4. The van der Waals surface area contributed by atoms with Gasteiger partial charge in [0.1, 0.15) is 0 Å². The van der Waals surface area contributed by atoms with E-state index in [2.05, 4.69) is 9.97 Å². The SMILES string of the molecule is Cn1c(=O)n(C2CCCOC2)c2c3cc(-c4ccc(F)nc4F)ccc3ncc21. The van der Waals surface area contributed by atoms with Gasteiger partial charge in [-0.3, -0.25) is 14.1 Å². The number of fused-ring (bicyclic) bond motifs is 3. The largest absolute Gasteiger partial charge is 0.379 e. The molecule has 6 nitrogen and oxygen atoms in total. The minimum absolute atomic E-state index is 0.0709. The lowest BCUT2D eigenvalue weighted by molar-refractivity contribution is 0.0593. The van der Waals surface area contributed by atoms with Crippen molar-refractivity contribution >= 4 is 21.9 Å². The van der Waals surface area contributed by atoms with E-state index in [4.69, 9.17) is 4.74 Å². The van der Waals surface area contributed by atoms with Crippen molar-refractivity contribution < 1.29 is 13.5 Å². The number of pyridine rings is 2. The lowest BCUT2D eigenvalue weighted by Gasteiger charge is -2.23. The zero-order valence-corrected chi connectivity index (χ0v) is 15.7. The van der Waals surface area contributed by atoms with Crippen LogP contribution in [0.4, 0.5) is 8.78 Å². The van der Waals surface area contributed by atoms with Gasteiger partial charge < -0.3 is 4.74 Å². The highest BCUT2D eigenvalue weighted by Crippen LogP contribution is 2.31. The van der Waals surface area contributed by atoms with Crippen LogP contribution in [0.25, 0.3) is 33.1 Å². The molecule has 0 N–H and O–H groups in total. The lowest BCUT2D eigenvalue weighted by Crippen LogP contribution is -2.31. The van der Waals surface area contributed by atoms with Crippen LogP contribution in [0.15, 0.2) is 41.3 Å². The molecule has 8 heteroatoms. The van der Waals surface area contributed by atoms with Gasteiger partial charge in [0, 0.05) is 24.6 Å². The quantitative estimate of drug-likeness (QED) is 0.486. The summed E-state index contributed by atoms with van der Waals surface area (Å²) in [6, 6.07) is 7.68. The number of aromatic nitrogens is 4. The summed E-state index contributed by atoms with van der Waals surface area (Å²) in [6.07, 6.45) is 3.41. The first-order valence-electron chi connectivity index (χ1n) is 9.44. The minimum atomic E-state index is -0.879. The molecule has 0 bridgehead atoms. The summed E-state index contributed by atoms with van der Waals surface area (Å²) >= 11 is 0. The van der Waals surface area contributed by atoms with Crippen molar-refractivity contribution in [2.75, 3.05) is 13.2 Å². The van der Waals surface area contributed by atoms with Crippen LogP contribution < -0.4 is 5.69 Å². The monoisotopic (exact) mass is 396 g/mol. The maximum atomic E-state index is 14.2. The molecule has 5 rings (SSSR count). The Morgan fingerprint density at radius 3 is 2.83 bits per heavy atom. The zero-order chi connectivity index (χ0) is 20.1. The van der Waals surface area contributed by atoms with E-state index in [0.29, 0.717) is 29.8 Å². The second kappa shape index (κ2) is 6.73. The van der Waals surface area contributed by atoms with Gasteiger partial charge in [-0.15, -0.1) is 0 Å². The van der Waals surface area contributed by atoms with Crippen molar-refractivity contribution in [3.63, 3.8) is 0 Å². The van der Waals surface area contributed by atoms with E-state index in [1.807, 2.05) is 0 Å². The fourth-order valence-electron chi connectivity index (χ4n) is 4.09. The van der Waals surface area contributed by atoms with E-state index in [1.165, 1.54) is 6.07 Å². The van der Waals surface area contributed by atoms with Gasteiger partial charge in [-0.2, -0.15) is 13.8 Å². The van der Waals surface area contributed by atoms with Crippen molar-refractivity contribution in [1.29, 1.82) is 0 Å². The fraction of sp³-hybridized carbons (Fsp3) is 0.286. The van der Waals surface area contributed by atoms with Crippen molar-refractivity contribution in [2.45, 2.75) is 18.9 Å². The van der Waals surface area contributed by atoms with Crippen LogP contribution in [0.3, 0.4) is 0 Å². The van der Waals surface area contributed by atoms with Gasteiger partial charge in [-0.05, 0) is 42.7 Å². The minimum Gasteiger partial charge on any atom is -0.379 e. The van der Waals surface area contributed by atoms with Crippen molar-refractivity contribution in [3.8, 4) is 11.1 Å². The summed E-state index contributed by atoms with van der Waals surface area (Å²) in [7, 11) is 1.71. The van der Waals surface area contributed by atoms with Crippen molar-refractivity contribution in [1.82, 2.24) is 19.1 Å². The summed E-state index contributed by atoms with van der Waals surface area (Å²) in [5.74, 6) is -1.75. The molecule has 0 aliphatic carbocycles. The molecule has 1 unspecified atom stereocenters. The average molecular weight is 396 g/mol. The van der Waals surface area contributed by atoms with Crippen LogP contribution in [0.5, 0.6) is 0 Å². The van der Waals surface area contributed by atoms with Crippen LogP contribution in [0, 0.1) is 11.9 Å². The molecule has 1 aromatic carbocycles. The number of hydrogen-bond donors (Lipinski definition) is 0. The second-order valence-corrected chi connectivity index (χ2v) is 7.28. The standard InChI is InChI=1S/C21H18F2N4O2/c1-26-17-10-24-16-6-4-12(14-5-7-18(22)25-20(14)23)9-15(16)19(17)27(21(26)28)13-3-2-8-29-11-13/h4-7,9-10,13H,2-3,8,11H2,1H3. The molecular weight excluding hydrogens is 378 g/mol. The van der Waals surface area contributed by atoms with Crippen molar-refractivity contribution in [3.05, 3.63) is 58.9 Å². The van der Waals surface area contributed by atoms with Crippen LogP contribution in [0.1, 0.15) is 18.9 Å². The number of aryl methyl sites for hydroxylation is 1. The molecule has 4 aromatic rings. The Labute approximate surface area is 164 Å². The predicted molar refractivity (Wildman–Crippen MR) is 105 cm³/mol. The Bertz CT molecular complexity index is 1310. The van der Waals surface area contributed by atoms with Gasteiger partial charge in [0.25, 0.3) is 0 Å². The predicted octanol–water partition coefficient (Wildman–Crippen LogP) is 3.58. The smallest absolute Gasteiger partial charge is 0.329 e. The van der Waals surface area contributed by atoms with Gasteiger partial charge in [-0.25, -0.2) is 4.79 Å². The van der Waals surface area contributed by atoms with Gasteiger partial charge in [-0.1, -0.05) is 6.07 Å². The Balaban J connectivity index is 1.81. The molecule has 29 heavy (non-hydrogen) atoms. The van der Waals surface area contributed by atoms with Gasteiger partial charge in [0.2, 0.25) is 11.9 Å². The second-order valence-electron chi connectivity index (χ2n) is 7.28. The highest BCUT2D eigenvalue weighted by Gasteiger charge is 2.24. The number of nitrogens with zero attached hydrogens (tertiary/aromatic N) is 4. The topological polar surface area (TPSA) is 61.9 Å². The molecule has 1 atom stereocenters. The molecule has 3 aromatic heterocycles. The van der Waals surface area contributed by atoms with Crippen LogP contribution >= 0.6 is 0 Å². The highest BCUT2D eigenvalue weighted by molar-refractivity contribution is 6.04. The van der Waals surface area contributed by atoms with E-state index in [0.717, 1.165) is 29.8 Å². The van der Waals surface area contributed by atoms with Crippen LogP contribution in [-0.2, 0) is 11.8 Å². The van der Waals surface area contributed by atoms with Crippen molar-refractivity contribution in [2.24, 2.45) is 7.05 Å². The summed E-state index contributed by atoms with van der Waals surface area (Å²) in [6.45, 7) is 1.17. The summed E-state index contributed by atoms with van der Waals surface area (Å²) in [5, 5.41) is 0.729. The van der Waals surface area contributed by atoms with E-state index < -0.39 is 11.9 Å². The molecule has 1 saturated heterocycles. The number of benzene rings is 1. The third-order valence-corrected chi connectivity index (χ3v) is 5.54. The van der Waals surface area contributed by atoms with Gasteiger partial charge >= 0.3 is 5.69 Å². The first-order chi connectivity index (χ1) is 14.0. The highest BCUT2D eigenvalue weighted by atomic mass is 19.1. The van der Waals surface area contributed by atoms with Gasteiger partial charge in [0.05, 0.1) is 35.4 Å². The third kappa shape index (κ3) is 2.82. The Hall–Kier alpha value is -3.13. The molecule has 0 radical (unpaired) electrons. The number of imidazole rings is 1. The average Bonchev–Trinajstić information content (AvgIpc) is 2.99. The maximum absolute atomic E-state index is 14.2. The van der Waals surface area contributed by atoms with E-state index in [-0.39, 0.29) is 17.3 Å². The molecule has 1 aliphatic rings. The normalized spacial score (nSPS) is 17.3. The number of rotatable bonds is 2. The molecule has 1 fully saturated rings. The number of halogens is 2. The van der Waals surface area contributed by atoms with E-state index in [1.54, 1.807) is 40.6 Å². The molecule has 4 heterocycles. The number of hydrogen-bond acceptors (Lipinski definition) is 4. The maximum Gasteiger partial charge on any atom is 0.329 e. The Kier molecular flexibility index (Phi) is 4.16. The molecule has 148 valence electrons. The molecule has 0 spiro atoms. The molecule has 0 saturated carbocycles. The Morgan fingerprint density at radius 2 is 2.07 bits per heavy atom. The lowest BCUT2D eigenvalue weighted by atomic mass is 10.0. The van der Waals surface area contributed by atoms with Gasteiger partial charge in [0.15, 0.2) is 0 Å².